The van der Waals surface area contributed by atoms with E-state index in [4.69, 9.17) is 0 Å². The number of hydrogen-bond acceptors (Lipinski definition) is 2. The SMILES string of the molecule is Cc1[nH]cnc1CNCc1cccc(Br)c1. The Labute approximate surface area is 103 Å². The standard InChI is InChI=1S/C12H14BrN3/c1-9-12(16-8-15-9)7-14-6-10-3-2-4-11(13)5-10/h2-5,8,14H,6-7H2,1H3,(H,15,16). The topological polar surface area (TPSA) is 40.7 Å². The van der Waals surface area contributed by atoms with Crippen LogP contribution in [0.3, 0.4) is 0 Å². The highest BCUT2D eigenvalue weighted by Crippen LogP contribution is 2.11. The third-order valence-electron chi connectivity index (χ3n) is 2.44. The maximum Gasteiger partial charge on any atom is 0.0925 e. The van der Waals surface area contributed by atoms with Gasteiger partial charge in [0.1, 0.15) is 0 Å². The van der Waals surface area contributed by atoms with Gasteiger partial charge >= 0.3 is 0 Å². The highest BCUT2D eigenvalue weighted by Gasteiger charge is 2.00. The first-order chi connectivity index (χ1) is 7.75. The van der Waals surface area contributed by atoms with Crippen molar-refractivity contribution in [3.63, 3.8) is 0 Å². The van der Waals surface area contributed by atoms with Gasteiger partial charge in [-0.3, -0.25) is 0 Å². The summed E-state index contributed by atoms with van der Waals surface area (Å²) in [6.45, 7) is 3.68. The molecule has 0 amide bonds. The van der Waals surface area contributed by atoms with Gasteiger partial charge in [-0.1, -0.05) is 28.1 Å². The van der Waals surface area contributed by atoms with Crippen LogP contribution >= 0.6 is 15.9 Å². The monoisotopic (exact) mass is 279 g/mol. The quantitative estimate of drug-likeness (QED) is 0.904. The molecule has 1 heterocycles. The molecule has 0 aliphatic rings. The lowest BCUT2D eigenvalue weighted by Crippen LogP contribution is -2.13. The number of imidazole rings is 1. The van der Waals surface area contributed by atoms with Gasteiger partial charge < -0.3 is 10.3 Å². The third-order valence-corrected chi connectivity index (χ3v) is 2.94. The number of nitrogens with zero attached hydrogens (tertiary/aromatic N) is 1. The molecule has 0 saturated heterocycles. The molecule has 2 N–H and O–H groups in total. The first kappa shape index (κ1) is 11.4. The number of aromatic amines is 1. The predicted octanol–water partition coefficient (Wildman–Crippen LogP) is 2.77. The lowest BCUT2D eigenvalue weighted by Gasteiger charge is -2.04. The second kappa shape index (κ2) is 5.27. The molecule has 0 aliphatic carbocycles. The first-order valence-electron chi connectivity index (χ1n) is 5.20. The highest BCUT2D eigenvalue weighted by molar-refractivity contribution is 9.10. The summed E-state index contributed by atoms with van der Waals surface area (Å²) in [4.78, 5) is 7.30. The number of halogens is 1. The number of hydrogen-bond donors (Lipinski definition) is 2. The zero-order valence-corrected chi connectivity index (χ0v) is 10.7. The highest BCUT2D eigenvalue weighted by atomic mass is 79.9. The molecule has 3 nitrogen and oxygen atoms in total. The van der Waals surface area contributed by atoms with E-state index in [0.29, 0.717) is 0 Å². The maximum atomic E-state index is 4.24. The van der Waals surface area contributed by atoms with Crippen molar-refractivity contribution in [1.29, 1.82) is 0 Å². The minimum absolute atomic E-state index is 0.793. The van der Waals surface area contributed by atoms with Gasteiger partial charge in [0.05, 0.1) is 12.0 Å². The average molecular weight is 280 g/mol. The Morgan fingerprint density at radius 2 is 2.25 bits per heavy atom. The van der Waals surface area contributed by atoms with E-state index < -0.39 is 0 Å². The number of nitrogens with one attached hydrogen (secondary N) is 2. The fourth-order valence-electron chi connectivity index (χ4n) is 1.54. The van der Waals surface area contributed by atoms with Crippen molar-refractivity contribution in [2.24, 2.45) is 0 Å². The number of aromatic nitrogens is 2. The molecule has 4 heteroatoms. The molecule has 0 radical (unpaired) electrons. The van der Waals surface area contributed by atoms with Gasteiger partial charge in [0.15, 0.2) is 0 Å². The van der Waals surface area contributed by atoms with E-state index in [9.17, 15) is 0 Å². The molecule has 2 rings (SSSR count). The van der Waals surface area contributed by atoms with E-state index in [-0.39, 0.29) is 0 Å². The molecule has 0 saturated carbocycles. The van der Waals surface area contributed by atoms with Crippen LogP contribution in [0.5, 0.6) is 0 Å². The van der Waals surface area contributed by atoms with Crippen LogP contribution < -0.4 is 5.32 Å². The minimum Gasteiger partial charge on any atom is -0.348 e. The molecule has 0 bridgehead atoms. The molecule has 0 spiro atoms. The Hall–Kier alpha value is -1.13. The molecule has 84 valence electrons. The summed E-state index contributed by atoms with van der Waals surface area (Å²) in [5.41, 5.74) is 3.47. The van der Waals surface area contributed by atoms with Crippen molar-refractivity contribution in [1.82, 2.24) is 15.3 Å². The average Bonchev–Trinajstić information content (AvgIpc) is 2.65. The molecule has 0 unspecified atom stereocenters. The molecular formula is C12H14BrN3. The second-order valence-corrected chi connectivity index (χ2v) is 4.62. The maximum absolute atomic E-state index is 4.24. The van der Waals surface area contributed by atoms with Gasteiger partial charge in [-0.05, 0) is 24.6 Å². The predicted molar refractivity (Wildman–Crippen MR) is 68.0 cm³/mol. The summed E-state index contributed by atoms with van der Waals surface area (Å²) in [5, 5.41) is 3.37. The van der Waals surface area contributed by atoms with Crippen LogP contribution in [0.15, 0.2) is 35.1 Å². The van der Waals surface area contributed by atoms with Gasteiger partial charge in [-0.2, -0.15) is 0 Å². The Kier molecular flexibility index (Phi) is 3.74. The van der Waals surface area contributed by atoms with Crippen LogP contribution in [0.4, 0.5) is 0 Å². The van der Waals surface area contributed by atoms with E-state index in [2.05, 4.69) is 43.3 Å². The molecular weight excluding hydrogens is 266 g/mol. The van der Waals surface area contributed by atoms with Gasteiger partial charge in [-0.15, -0.1) is 0 Å². The van der Waals surface area contributed by atoms with E-state index in [1.807, 2.05) is 19.1 Å². The summed E-state index contributed by atoms with van der Waals surface area (Å²) in [5.74, 6) is 0. The Bertz CT molecular complexity index is 465. The minimum atomic E-state index is 0.793. The molecule has 1 aromatic carbocycles. The van der Waals surface area contributed by atoms with Gasteiger partial charge in [0, 0.05) is 23.3 Å². The van der Waals surface area contributed by atoms with Crippen LogP contribution in [0, 0.1) is 6.92 Å². The number of benzene rings is 1. The number of aryl methyl sites for hydroxylation is 1. The van der Waals surface area contributed by atoms with Crippen molar-refractivity contribution in [2.75, 3.05) is 0 Å². The van der Waals surface area contributed by atoms with Crippen molar-refractivity contribution in [3.8, 4) is 0 Å². The van der Waals surface area contributed by atoms with Gasteiger partial charge in [0.2, 0.25) is 0 Å². The van der Waals surface area contributed by atoms with Crippen LogP contribution in [0.25, 0.3) is 0 Å². The number of rotatable bonds is 4. The molecule has 1 aromatic heterocycles. The van der Waals surface area contributed by atoms with Crippen LogP contribution in [-0.2, 0) is 13.1 Å². The summed E-state index contributed by atoms with van der Waals surface area (Å²) in [6.07, 6.45) is 1.73. The van der Waals surface area contributed by atoms with Crippen molar-refractivity contribution < 1.29 is 0 Å². The van der Waals surface area contributed by atoms with Crippen molar-refractivity contribution in [2.45, 2.75) is 20.0 Å². The molecule has 0 aliphatic heterocycles. The second-order valence-electron chi connectivity index (χ2n) is 3.71. The van der Waals surface area contributed by atoms with E-state index >= 15 is 0 Å². The largest absolute Gasteiger partial charge is 0.348 e. The van der Waals surface area contributed by atoms with Gasteiger partial charge in [-0.25, -0.2) is 4.98 Å². The zero-order chi connectivity index (χ0) is 11.4. The summed E-state index contributed by atoms with van der Waals surface area (Å²) >= 11 is 3.46. The van der Waals surface area contributed by atoms with Crippen molar-refractivity contribution in [3.05, 3.63) is 52.0 Å². The number of H-pyrrole nitrogens is 1. The summed E-state index contributed by atoms with van der Waals surface area (Å²) in [6, 6.07) is 8.29. The Morgan fingerprint density at radius 3 is 2.94 bits per heavy atom. The zero-order valence-electron chi connectivity index (χ0n) is 9.13. The van der Waals surface area contributed by atoms with E-state index in [1.165, 1.54) is 5.56 Å². The lowest BCUT2D eigenvalue weighted by molar-refractivity contribution is 0.679. The van der Waals surface area contributed by atoms with E-state index in [1.54, 1.807) is 6.33 Å². The van der Waals surface area contributed by atoms with Crippen LogP contribution in [0.1, 0.15) is 17.0 Å². The molecule has 0 atom stereocenters. The molecule has 2 aromatic rings. The Morgan fingerprint density at radius 1 is 1.38 bits per heavy atom. The van der Waals surface area contributed by atoms with Crippen molar-refractivity contribution >= 4 is 15.9 Å². The Balaban J connectivity index is 1.87. The lowest BCUT2D eigenvalue weighted by atomic mass is 10.2. The fourth-order valence-corrected chi connectivity index (χ4v) is 1.98. The van der Waals surface area contributed by atoms with E-state index in [0.717, 1.165) is 29.0 Å². The smallest absolute Gasteiger partial charge is 0.0925 e. The fraction of sp³-hybridized carbons (Fsp3) is 0.250. The molecule has 0 fully saturated rings. The third kappa shape index (κ3) is 2.93. The summed E-state index contributed by atoms with van der Waals surface area (Å²) in [7, 11) is 0. The first-order valence-corrected chi connectivity index (χ1v) is 5.99. The summed E-state index contributed by atoms with van der Waals surface area (Å²) < 4.78 is 1.11. The van der Waals surface area contributed by atoms with Crippen LogP contribution in [0.2, 0.25) is 0 Å². The normalized spacial score (nSPS) is 10.6. The van der Waals surface area contributed by atoms with Gasteiger partial charge in [0.25, 0.3) is 0 Å². The van der Waals surface area contributed by atoms with Crippen LogP contribution in [-0.4, -0.2) is 9.97 Å². The molecule has 16 heavy (non-hydrogen) atoms.